The van der Waals surface area contributed by atoms with Crippen LogP contribution in [0.1, 0.15) is 27.7 Å². The zero-order valence-corrected chi connectivity index (χ0v) is 13.5. The summed E-state index contributed by atoms with van der Waals surface area (Å²) in [6, 6.07) is 10.2. The number of anilines is 1. The lowest BCUT2D eigenvalue weighted by molar-refractivity contribution is 0.0735. The molecule has 24 heavy (non-hydrogen) atoms. The second-order valence-electron chi connectivity index (χ2n) is 5.77. The van der Waals surface area contributed by atoms with Gasteiger partial charge in [0.15, 0.2) is 11.6 Å². The molecule has 1 aliphatic rings. The number of aliphatic hydroxyl groups excluding tert-OH is 1. The number of amides is 1. The van der Waals surface area contributed by atoms with Crippen LogP contribution in [0.25, 0.3) is 0 Å². The van der Waals surface area contributed by atoms with Crippen LogP contribution in [0.15, 0.2) is 36.4 Å². The lowest BCUT2D eigenvalue weighted by atomic mass is 10.0. The summed E-state index contributed by atoms with van der Waals surface area (Å²) in [5.74, 6) is -0.564. The Morgan fingerprint density at radius 1 is 1.29 bits per heavy atom. The van der Waals surface area contributed by atoms with E-state index >= 15 is 0 Å². The van der Waals surface area contributed by atoms with Gasteiger partial charge in [0.05, 0.1) is 12.2 Å². The van der Waals surface area contributed by atoms with Gasteiger partial charge < -0.3 is 20.1 Å². The summed E-state index contributed by atoms with van der Waals surface area (Å²) >= 11 is 0. The summed E-state index contributed by atoms with van der Waals surface area (Å²) in [6.45, 7) is 1.78. The average Bonchev–Trinajstić information content (AvgIpc) is 2.57. The number of benzene rings is 2. The Kier molecular flexibility index (Phi) is 4.40. The molecule has 0 aliphatic carbocycles. The van der Waals surface area contributed by atoms with Crippen molar-refractivity contribution in [1.29, 1.82) is 0 Å². The molecule has 0 saturated heterocycles. The van der Waals surface area contributed by atoms with Gasteiger partial charge in [0.25, 0.3) is 5.91 Å². The standard InChI is InChI=1S/C18H19FN2O3/c1-11-3-5-15-13(9-11)18(23)21(2)17(20-15)12-4-6-16(14(19)10-12)24-8-7-22/h3-6,9-10,17,20,22H,7-8H2,1-2H3. The molecule has 2 N–H and O–H groups in total. The van der Waals surface area contributed by atoms with Gasteiger partial charge in [-0.05, 0) is 36.8 Å². The predicted octanol–water partition coefficient (Wildman–Crippen LogP) is 2.70. The molecule has 1 atom stereocenters. The van der Waals surface area contributed by atoms with E-state index in [0.717, 1.165) is 11.3 Å². The van der Waals surface area contributed by atoms with E-state index in [-0.39, 0.29) is 24.9 Å². The van der Waals surface area contributed by atoms with Crippen molar-refractivity contribution < 1.29 is 19.0 Å². The molecular formula is C18H19FN2O3. The van der Waals surface area contributed by atoms with E-state index in [1.54, 1.807) is 18.0 Å². The number of aryl methyl sites for hydroxylation is 1. The molecule has 5 nitrogen and oxygen atoms in total. The summed E-state index contributed by atoms with van der Waals surface area (Å²) in [5.41, 5.74) is 2.96. The maximum atomic E-state index is 14.2. The summed E-state index contributed by atoms with van der Waals surface area (Å²) in [4.78, 5) is 14.1. The van der Waals surface area contributed by atoms with Gasteiger partial charge >= 0.3 is 0 Å². The highest BCUT2D eigenvalue weighted by Gasteiger charge is 2.30. The molecule has 0 aromatic heterocycles. The quantitative estimate of drug-likeness (QED) is 0.905. The molecule has 0 saturated carbocycles. The fourth-order valence-electron chi connectivity index (χ4n) is 2.78. The van der Waals surface area contributed by atoms with Crippen LogP contribution in [0, 0.1) is 12.7 Å². The van der Waals surface area contributed by atoms with Crippen molar-refractivity contribution in [2.75, 3.05) is 25.6 Å². The first-order chi connectivity index (χ1) is 11.5. The van der Waals surface area contributed by atoms with E-state index in [9.17, 15) is 9.18 Å². The van der Waals surface area contributed by atoms with Gasteiger partial charge in [0.1, 0.15) is 12.8 Å². The van der Waals surface area contributed by atoms with Crippen LogP contribution in [-0.4, -0.2) is 36.2 Å². The third-order valence-corrected chi connectivity index (χ3v) is 4.03. The van der Waals surface area contributed by atoms with E-state index in [4.69, 9.17) is 9.84 Å². The Morgan fingerprint density at radius 2 is 2.08 bits per heavy atom. The number of fused-ring (bicyclic) bond motifs is 1. The molecule has 1 heterocycles. The summed E-state index contributed by atoms with van der Waals surface area (Å²) < 4.78 is 19.3. The highest BCUT2D eigenvalue weighted by Crippen LogP contribution is 2.33. The van der Waals surface area contributed by atoms with Gasteiger partial charge in [0.2, 0.25) is 0 Å². The Morgan fingerprint density at radius 3 is 2.79 bits per heavy atom. The summed E-state index contributed by atoms with van der Waals surface area (Å²) in [5, 5.41) is 12.0. The molecule has 126 valence electrons. The molecule has 0 spiro atoms. The Hall–Kier alpha value is -2.60. The van der Waals surface area contributed by atoms with Gasteiger partial charge in [-0.2, -0.15) is 0 Å². The van der Waals surface area contributed by atoms with E-state index in [2.05, 4.69) is 5.32 Å². The summed E-state index contributed by atoms with van der Waals surface area (Å²) in [6.07, 6.45) is -0.464. The Balaban J connectivity index is 1.91. The largest absolute Gasteiger partial charge is 0.488 e. The van der Waals surface area contributed by atoms with Crippen molar-refractivity contribution in [3.63, 3.8) is 0 Å². The fraction of sp³-hybridized carbons (Fsp3) is 0.278. The minimum atomic E-state index is -0.529. The molecule has 0 radical (unpaired) electrons. The van der Waals surface area contributed by atoms with Gasteiger partial charge in [-0.1, -0.05) is 17.7 Å². The van der Waals surface area contributed by atoms with Gasteiger partial charge in [0, 0.05) is 12.7 Å². The number of halogens is 1. The molecule has 1 unspecified atom stereocenters. The molecule has 2 aromatic rings. The normalized spacial score (nSPS) is 16.6. The van der Waals surface area contributed by atoms with Crippen LogP contribution >= 0.6 is 0 Å². The number of nitrogens with zero attached hydrogens (tertiary/aromatic N) is 1. The third kappa shape index (κ3) is 2.92. The average molecular weight is 330 g/mol. The molecule has 3 rings (SSSR count). The zero-order valence-electron chi connectivity index (χ0n) is 13.5. The number of aliphatic hydroxyl groups is 1. The molecule has 2 aromatic carbocycles. The zero-order chi connectivity index (χ0) is 17.3. The van der Waals surface area contributed by atoms with Crippen molar-refractivity contribution in [2.45, 2.75) is 13.1 Å². The van der Waals surface area contributed by atoms with Crippen LogP contribution in [0.2, 0.25) is 0 Å². The van der Waals surface area contributed by atoms with Crippen LogP contribution in [0.3, 0.4) is 0 Å². The SMILES string of the molecule is Cc1ccc2c(c1)C(=O)N(C)C(c1ccc(OCCO)c(F)c1)N2. The highest BCUT2D eigenvalue weighted by atomic mass is 19.1. The molecule has 1 amide bonds. The first-order valence-corrected chi connectivity index (χ1v) is 7.68. The van der Waals surface area contributed by atoms with E-state index in [1.807, 2.05) is 25.1 Å². The number of ether oxygens (including phenoxy) is 1. The van der Waals surface area contributed by atoms with Crippen molar-refractivity contribution in [2.24, 2.45) is 0 Å². The Bertz CT molecular complexity index is 779. The van der Waals surface area contributed by atoms with Gasteiger partial charge in [-0.15, -0.1) is 0 Å². The number of hydrogen-bond acceptors (Lipinski definition) is 4. The minimum Gasteiger partial charge on any atom is -0.488 e. The van der Waals surface area contributed by atoms with Crippen LogP contribution in [-0.2, 0) is 0 Å². The Labute approximate surface area is 139 Å². The summed E-state index contributed by atoms with van der Waals surface area (Å²) in [7, 11) is 1.68. The lowest BCUT2D eigenvalue weighted by Gasteiger charge is -2.35. The lowest BCUT2D eigenvalue weighted by Crippen LogP contribution is -2.40. The van der Waals surface area contributed by atoms with Crippen LogP contribution < -0.4 is 10.1 Å². The fourth-order valence-corrected chi connectivity index (χ4v) is 2.78. The number of carbonyl (C=O) groups is 1. The van der Waals surface area contributed by atoms with Crippen LogP contribution in [0.4, 0.5) is 10.1 Å². The molecule has 1 aliphatic heterocycles. The van der Waals surface area contributed by atoms with Gasteiger partial charge in [-0.25, -0.2) is 4.39 Å². The molecular weight excluding hydrogens is 311 g/mol. The number of rotatable bonds is 4. The maximum absolute atomic E-state index is 14.2. The number of carbonyl (C=O) groups excluding carboxylic acids is 1. The van der Waals surface area contributed by atoms with E-state index < -0.39 is 12.0 Å². The van der Waals surface area contributed by atoms with Crippen molar-refractivity contribution in [3.05, 3.63) is 58.9 Å². The number of nitrogens with one attached hydrogen (secondary N) is 1. The molecule has 6 heteroatoms. The van der Waals surface area contributed by atoms with Crippen molar-refractivity contribution >= 4 is 11.6 Å². The second kappa shape index (κ2) is 6.49. The first-order valence-electron chi connectivity index (χ1n) is 7.68. The van der Waals surface area contributed by atoms with Gasteiger partial charge in [-0.3, -0.25) is 4.79 Å². The topological polar surface area (TPSA) is 61.8 Å². The number of hydrogen-bond donors (Lipinski definition) is 2. The second-order valence-corrected chi connectivity index (χ2v) is 5.77. The third-order valence-electron chi connectivity index (χ3n) is 4.03. The highest BCUT2D eigenvalue weighted by molar-refractivity contribution is 6.01. The maximum Gasteiger partial charge on any atom is 0.257 e. The predicted molar refractivity (Wildman–Crippen MR) is 88.6 cm³/mol. The van der Waals surface area contributed by atoms with E-state index in [1.165, 1.54) is 12.1 Å². The minimum absolute atomic E-state index is 0.0308. The van der Waals surface area contributed by atoms with Crippen LogP contribution in [0.5, 0.6) is 5.75 Å². The van der Waals surface area contributed by atoms with Crippen molar-refractivity contribution in [3.8, 4) is 5.75 Å². The molecule has 0 fully saturated rings. The monoisotopic (exact) mass is 330 g/mol. The first kappa shape index (κ1) is 16.3. The molecule has 0 bridgehead atoms. The van der Waals surface area contributed by atoms with Crippen molar-refractivity contribution in [1.82, 2.24) is 4.90 Å². The van der Waals surface area contributed by atoms with E-state index in [0.29, 0.717) is 11.1 Å². The smallest absolute Gasteiger partial charge is 0.257 e.